The molecule has 1 aromatic rings. The van der Waals surface area contributed by atoms with E-state index in [0.717, 1.165) is 36.6 Å². The third-order valence-electron chi connectivity index (χ3n) is 3.81. The van der Waals surface area contributed by atoms with Crippen molar-refractivity contribution in [2.45, 2.75) is 36.0 Å². The lowest BCUT2D eigenvalue weighted by atomic mass is 10.1. The third kappa shape index (κ3) is 4.93. The van der Waals surface area contributed by atoms with Crippen molar-refractivity contribution in [1.82, 2.24) is 10.2 Å². The first-order chi connectivity index (χ1) is 10.1. The maximum Gasteiger partial charge on any atom is 0.233 e. The fourth-order valence-electron chi connectivity index (χ4n) is 2.38. The van der Waals surface area contributed by atoms with Gasteiger partial charge in [-0.1, -0.05) is 0 Å². The van der Waals surface area contributed by atoms with Crippen LogP contribution in [0.3, 0.4) is 0 Å². The summed E-state index contributed by atoms with van der Waals surface area (Å²) in [5.41, 5.74) is 0. The molecule has 0 aliphatic carbocycles. The Kier molecular flexibility index (Phi) is 5.94. The van der Waals surface area contributed by atoms with Gasteiger partial charge in [0.2, 0.25) is 5.91 Å². The van der Waals surface area contributed by atoms with Gasteiger partial charge in [0.1, 0.15) is 5.75 Å². The van der Waals surface area contributed by atoms with E-state index in [1.807, 2.05) is 31.2 Å². The molecule has 21 heavy (non-hydrogen) atoms. The highest BCUT2D eigenvalue weighted by molar-refractivity contribution is 8.00. The van der Waals surface area contributed by atoms with Gasteiger partial charge in [-0.2, -0.15) is 0 Å². The van der Waals surface area contributed by atoms with Crippen molar-refractivity contribution in [3.05, 3.63) is 24.3 Å². The van der Waals surface area contributed by atoms with E-state index in [0.29, 0.717) is 6.04 Å². The summed E-state index contributed by atoms with van der Waals surface area (Å²) in [5.74, 6) is 0.966. The molecule has 1 atom stereocenters. The Balaban J connectivity index is 1.81. The van der Waals surface area contributed by atoms with Crippen LogP contribution in [-0.4, -0.2) is 49.3 Å². The first-order valence-corrected chi connectivity index (χ1v) is 8.26. The number of thioether (sulfide) groups is 1. The van der Waals surface area contributed by atoms with Crippen molar-refractivity contribution in [1.29, 1.82) is 0 Å². The SMILES string of the molecule is COc1ccc(SC(C)C(=O)NC2CCN(C)CC2)cc1. The number of likely N-dealkylation sites (tertiary alicyclic amines) is 1. The molecule has 1 saturated heterocycles. The summed E-state index contributed by atoms with van der Waals surface area (Å²) in [6.45, 7) is 4.08. The van der Waals surface area contributed by atoms with Crippen molar-refractivity contribution in [3.63, 3.8) is 0 Å². The second-order valence-corrected chi connectivity index (χ2v) is 6.94. The van der Waals surface area contributed by atoms with Crippen LogP contribution in [0.25, 0.3) is 0 Å². The highest BCUT2D eigenvalue weighted by Crippen LogP contribution is 2.25. The van der Waals surface area contributed by atoms with Crippen molar-refractivity contribution in [2.75, 3.05) is 27.2 Å². The Morgan fingerprint density at radius 2 is 1.95 bits per heavy atom. The average Bonchev–Trinajstić information content (AvgIpc) is 2.50. The molecule has 2 rings (SSSR count). The molecule has 1 heterocycles. The minimum absolute atomic E-state index is 0.0851. The minimum Gasteiger partial charge on any atom is -0.497 e. The Bertz CT molecular complexity index is 456. The summed E-state index contributed by atoms with van der Waals surface area (Å²) < 4.78 is 5.14. The number of hydrogen-bond acceptors (Lipinski definition) is 4. The highest BCUT2D eigenvalue weighted by atomic mass is 32.2. The topological polar surface area (TPSA) is 41.6 Å². The number of nitrogens with one attached hydrogen (secondary N) is 1. The first kappa shape index (κ1) is 16.2. The van der Waals surface area contributed by atoms with Crippen LogP contribution in [0.5, 0.6) is 5.75 Å². The second-order valence-electron chi connectivity index (χ2n) is 5.52. The quantitative estimate of drug-likeness (QED) is 0.848. The summed E-state index contributed by atoms with van der Waals surface area (Å²) >= 11 is 1.58. The number of piperidine rings is 1. The smallest absolute Gasteiger partial charge is 0.233 e. The molecule has 1 amide bonds. The summed E-state index contributed by atoms with van der Waals surface area (Å²) in [5, 5.41) is 3.09. The predicted octanol–water partition coefficient (Wildman–Crippen LogP) is 2.39. The molecule has 0 spiro atoms. The lowest BCUT2D eigenvalue weighted by Crippen LogP contribution is -2.45. The molecule has 0 saturated carbocycles. The highest BCUT2D eigenvalue weighted by Gasteiger charge is 2.21. The number of amides is 1. The van der Waals surface area contributed by atoms with Crippen LogP contribution in [0, 0.1) is 0 Å². The Labute approximate surface area is 131 Å². The standard InChI is InChI=1S/C16H24N2O2S/c1-12(21-15-6-4-14(20-3)5-7-15)16(19)17-13-8-10-18(2)11-9-13/h4-7,12-13H,8-11H2,1-3H3,(H,17,19). The molecule has 0 aromatic heterocycles. The van der Waals surface area contributed by atoms with Crippen LogP contribution in [0.15, 0.2) is 29.2 Å². The van der Waals surface area contributed by atoms with E-state index in [-0.39, 0.29) is 11.2 Å². The van der Waals surface area contributed by atoms with E-state index in [2.05, 4.69) is 17.3 Å². The number of benzene rings is 1. The molecule has 0 radical (unpaired) electrons. The Morgan fingerprint density at radius 3 is 2.52 bits per heavy atom. The van der Waals surface area contributed by atoms with Crippen LogP contribution in [-0.2, 0) is 4.79 Å². The number of nitrogens with zero attached hydrogens (tertiary/aromatic N) is 1. The number of methoxy groups -OCH3 is 1. The molecule has 1 aromatic carbocycles. The fraction of sp³-hybridized carbons (Fsp3) is 0.562. The molecule has 116 valence electrons. The van der Waals surface area contributed by atoms with Gasteiger partial charge >= 0.3 is 0 Å². The van der Waals surface area contributed by atoms with Gasteiger partial charge in [-0.25, -0.2) is 0 Å². The van der Waals surface area contributed by atoms with E-state index in [1.54, 1.807) is 18.9 Å². The van der Waals surface area contributed by atoms with Crippen LogP contribution < -0.4 is 10.1 Å². The number of carbonyl (C=O) groups is 1. The first-order valence-electron chi connectivity index (χ1n) is 7.38. The molecule has 0 bridgehead atoms. The van der Waals surface area contributed by atoms with Crippen molar-refractivity contribution >= 4 is 17.7 Å². The molecule has 1 aliphatic rings. The Hall–Kier alpha value is -1.20. The number of carbonyl (C=O) groups excluding carboxylic acids is 1. The van der Waals surface area contributed by atoms with Crippen molar-refractivity contribution in [3.8, 4) is 5.75 Å². The zero-order chi connectivity index (χ0) is 15.2. The molecule has 1 N–H and O–H groups in total. The van der Waals surface area contributed by atoms with Crippen LogP contribution in [0.4, 0.5) is 0 Å². The van der Waals surface area contributed by atoms with Crippen molar-refractivity contribution < 1.29 is 9.53 Å². The molecular formula is C16H24N2O2S. The van der Waals surface area contributed by atoms with Crippen LogP contribution in [0.1, 0.15) is 19.8 Å². The predicted molar refractivity (Wildman–Crippen MR) is 87.0 cm³/mol. The maximum absolute atomic E-state index is 12.3. The molecular weight excluding hydrogens is 284 g/mol. The molecule has 1 unspecified atom stereocenters. The lowest BCUT2D eigenvalue weighted by molar-refractivity contribution is -0.121. The van der Waals surface area contributed by atoms with Gasteiger partial charge in [0.15, 0.2) is 0 Å². The monoisotopic (exact) mass is 308 g/mol. The minimum atomic E-state index is -0.0851. The summed E-state index contributed by atoms with van der Waals surface area (Å²) in [4.78, 5) is 15.6. The Morgan fingerprint density at radius 1 is 1.33 bits per heavy atom. The van der Waals surface area contributed by atoms with Gasteiger partial charge in [0.25, 0.3) is 0 Å². The number of hydrogen-bond donors (Lipinski definition) is 1. The summed E-state index contributed by atoms with van der Waals surface area (Å²) in [6.07, 6.45) is 2.09. The van der Waals surface area contributed by atoms with E-state index in [4.69, 9.17) is 4.74 Å². The molecule has 5 heteroatoms. The fourth-order valence-corrected chi connectivity index (χ4v) is 3.26. The molecule has 4 nitrogen and oxygen atoms in total. The van der Waals surface area contributed by atoms with Gasteiger partial charge < -0.3 is 15.0 Å². The average molecular weight is 308 g/mol. The maximum atomic E-state index is 12.3. The van der Waals surface area contributed by atoms with Crippen LogP contribution in [0.2, 0.25) is 0 Å². The second kappa shape index (κ2) is 7.71. The van der Waals surface area contributed by atoms with E-state index >= 15 is 0 Å². The lowest BCUT2D eigenvalue weighted by Gasteiger charge is -2.30. The van der Waals surface area contributed by atoms with E-state index < -0.39 is 0 Å². The largest absolute Gasteiger partial charge is 0.497 e. The molecule has 1 fully saturated rings. The van der Waals surface area contributed by atoms with E-state index in [9.17, 15) is 4.79 Å². The number of rotatable bonds is 5. The molecule has 1 aliphatic heterocycles. The van der Waals surface area contributed by atoms with Gasteiger partial charge in [-0.05, 0) is 64.2 Å². The van der Waals surface area contributed by atoms with Gasteiger partial charge in [0, 0.05) is 10.9 Å². The summed E-state index contributed by atoms with van der Waals surface area (Å²) in [6, 6.07) is 8.15. The summed E-state index contributed by atoms with van der Waals surface area (Å²) in [7, 11) is 3.78. The van der Waals surface area contributed by atoms with Crippen molar-refractivity contribution in [2.24, 2.45) is 0 Å². The normalized spacial score (nSPS) is 18.2. The van der Waals surface area contributed by atoms with Gasteiger partial charge in [-0.3, -0.25) is 4.79 Å². The zero-order valence-electron chi connectivity index (χ0n) is 13.0. The van der Waals surface area contributed by atoms with Gasteiger partial charge in [-0.15, -0.1) is 11.8 Å². The van der Waals surface area contributed by atoms with E-state index in [1.165, 1.54) is 0 Å². The van der Waals surface area contributed by atoms with Gasteiger partial charge in [0.05, 0.1) is 12.4 Å². The van der Waals surface area contributed by atoms with Crippen LogP contribution >= 0.6 is 11.8 Å². The third-order valence-corrected chi connectivity index (χ3v) is 4.92. The zero-order valence-corrected chi connectivity index (χ0v) is 13.8. The number of ether oxygens (including phenoxy) is 1.